The number of benzene rings is 1. The molecule has 0 heterocycles. The Balaban J connectivity index is 2.33. The maximum Gasteiger partial charge on any atom is 0.0314 e. The second-order valence-corrected chi connectivity index (χ2v) is 3.90. The minimum atomic E-state index is 0.830. The van der Waals surface area contributed by atoms with Gasteiger partial charge >= 0.3 is 0 Å². The Labute approximate surface area is 98.8 Å². The van der Waals surface area contributed by atoms with Crippen LogP contribution in [-0.2, 0) is 6.42 Å². The van der Waals surface area contributed by atoms with Gasteiger partial charge in [-0.1, -0.05) is 38.1 Å². The van der Waals surface area contributed by atoms with Crippen LogP contribution in [-0.4, -0.2) is 24.5 Å². The molecule has 0 amide bonds. The number of nitrogens with two attached hydrogens (primary N) is 1. The molecule has 0 aliphatic rings. The second kappa shape index (κ2) is 7.07. The Morgan fingerprint density at radius 3 is 2.25 bits per heavy atom. The molecule has 2 heteroatoms. The maximum absolute atomic E-state index is 5.63. The third-order valence-corrected chi connectivity index (χ3v) is 2.76. The zero-order valence-electron chi connectivity index (χ0n) is 10.3. The fraction of sp³-hybridized carbons (Fsp3) is 0.429. The van der Waals surface area contributed by atoms with Gasteiger partial charge in [-0.3, -0.25) is 0 Å². The van der Waals surface area contributed by atoms with Gasteiger partial charge in [-0.15, -0.1) is 0 Å². The molecule has 0 saturated heterocycles. The van der Waals surface area contributed by atoms with Crippen LogP contribution < -0.4 is 5.73 Å². The molecule has 0 aliphatic heterocycles. The van der Waals surface area contributed by atoms with E-state index in [0.717, 1.165) is 31.7 Å². The SMILES string of the molecule is CCN(CC)CC=CCc1ccc(N)cc1. The van der Waals surface area contributed by atoms with Crippen LogP contribution in [0.3, 0.4) is 0 Å². The van der Waals surface area contributed by atoms with Gasteiger partial charge in [0.2, 0.25) is 0 Å². The summed E-state index contributed by atoms with van der Waals surface area (Å²) in [6.07, 6.45) is 5.45. The van der Waals surface area contributed by atoms with Crippen molar-refractivity contribution < 1.29 is 0 Å². The molecule has 0 atom stereocenters. The molecular weight excluding hydrogens is 196 g/mol. The summed E-state index contributed by atoms with van der Waals surface area (Å²) in [5.74, 6) is 0. The van der Waals surface area contributed by atoms with Gasteiger partial charge in [0.15, 0.2) is 0 Å². The van der Waals surface area contributed by atoms with Gasteiger partial charge in [-0.2, -0.15) is 0 Å². The molecule has 0 saturated carbocycles. The fourth-order valence-electron chi connectivity index (χ4n) is 1.58. The Bertz CT molecular complexity index is 310. The molecule has 1 aromatic carbocycles. The zero-order chi connectivity index (χ0) is 11.8. The minimum Gasteiger partial charge on any atom is -0.399 e. The van der Waals surface area contributed by atoms with Crippen molar-refractivity contribution in [2.24, 2.45) is 0 Å². The van der Waals surface area contributed by atoms with Gasteiger partial charge in [-0.05, 0) is 37.2 Å². The van der Waals surface area contributed by atoms with E-state index in [2.05, 4.69) is 43.0 Å². The van der Waals surface area contributed by atoms with Crippen LogP contribution in [0.1, 0.15) is 19.4 Å². The first-order chi connectivity index (χ1) is 7.76. The predicted molar refractivity (Wildman–Crippen MR) is 71.5 cm³/mol. The van der Waals surface area contributed by atoms with E-state index >= 15 is 0 Å². The molecule has 0 fully saturated rings. The zero-order valence-corrected chi connectivity index (χ0v) is 10.3. The summed E-state index contributed by atoms with van der Waals surface area (Å²) in [6.45, 7) is 7.65. The van der Waals surface area contributed by atoms with Crippen molar-refractivity contribution in [3.63, 3.8) is 0 Å². The Kier molecular flexibility index (Phi) is 5.65. The van der Waals surface area contributed by atoms with Gasteiger partial charge in [0.05, 0.1) is 0 Å². The number of nitrogen functional groups attached to an aromatic ring is 1. The molecule has 2 N–H and O–H groups in total. The quantitative estimate of drug-likeness (QED) is 0.587. The van der Waals surface area contributed by atoms with Gasteiger partial charge in [0, 0.05) is 12.2 Å². The summed E-state index contributed by atoms with van der Waals surface area (Å²) in [7, 11) is 0. The van der Waals surface area contributed by atoms with Gasteiger partial charge in [0.1, 0.15) is 0 Å². The summed E-state index contributed by atoms with van der Waals surface area (Å²) in [6, 6.07) is 8.06. The van der Waals surface area contributed by atoms with Crippen LogP contribution in [0.5, 0.6) is 0 Å². The summed E-state index contributed by atoms with van der Waals surface area (Å²) < 4.78 is 0. The van der Waals surface area contributed by atoms with E-state index < -0.39 is 0 Å². The van der Waals surface area contributed by atoms with Crippen LogP contribution in [0.4, 0.5) is 5.69 Å². The molecule has 1 aromatic rings. The number of hydrogen-bond donors (Lipinski definition) is 1. The number of likely N-dealkylation sites (N-methyl/N-ethyl adjacent to an activating group) is 1. The summed E-state index contributed by atoms with van der Waals surface area (Å²) in [4.78, 5) is 2.39. The second-order valence-electron chi connectivity index (χ2n) is 3.90. The van der Waals surface area contributed by atoms with Crippen molar-refractivity contribution >= 4 is 5.69 Å². The van der Waals surface area contributed by atoms with Crippen molar-refractivity contribution in [3.8, 4) is 0 Å². The van der Waals surface area contributed by atoms with Crippen LogP contribution >= 0.6 is 0 Å². The standard InChI is InChI=1S/C14H22N2/c1-3-16(4-2)12-6-5-7-13-8-10-14(15)11-9-13/h5-6,8-11H,3-4,7,12,15H2,1-2H3. The van der Waals surface area contributed by atoms with E-state index in [1.165, 1.54) is 5.56 Å². The normalized spacial score (nSPS) is 11.4. The fourth-order valence-corrected chi connectivity index (χ4v) is 1.58. The van der Waals surface area contributed by atoms with Crippen molar-refractivity contribution in [2.45, 2.75) is 20.3 Å². The number of anilines is 1. The van der Waals surface area contributed by atoms with Crippen LogP contribution in [0.15, 0.2) is 36.4 Å². The van der Waals surface area contributed by atoms with Crippen molar-refractivity contribution in [1.29, 1.82) is 0 Å². The van der Waals surface area contributed by atoms with E-state index in [0.29, 0.717) is 0 Å². The Morgan fingerprint density at radius 1 is 1.06 bits per heavy atom. The lowest BCUT2D eigenvalue weighted by Gasteiger charge is -2.14. The van der Waals surface area contributed by atoms with Crippen molar-refractivity contribution in [3.05, 3.63) is 42.0 Å². The molecule has 0 unspecified atom stereocenters. The highest BCUT2D eigenvalue weighted by Gasteiger charge is 1.93. The smallest absolute Gasteiger partial charge is 0.0314 e. The van der Waals surface area contributed by atoms with E-state index in [1.807, 2.05) is 12.1 Å². The highest BCUT2D eigenvalue weighted by atomic mass is 15.1. The van der Waals surface area contributed by atoms with E-state index in [9.17, 15) is 0 Å². The number of allylic oxidation sites excluding steroid dienone is 1. The monoisotopic (exact) mass is 218 g/mol. The van der Waals surface area contributed by atoms with Gasteiger partial charge in [0.25, 0.3) is 0 Å². The van der Waals surface area contributed by atoms with E-state index in [-0.39, 0.29) is 0 Å². The summed E-state index contributed by atoms with van der Waals surface area (Å²) in [5.41, 5.74) is 7.77. The average molecular weight is 218 g/mol. The number of hydrogen-bond acceptors (Lipinski definition) is 2. The molecule has 0 bridgehead atoms. The molecule has 0 aromatic heterocycles. The number of nitrogens with zero attached hydrogens (tertiary/aromatic N) is 1. The molecule has 2 nitrogen and oxygen atoms in total. The lowest BCUT2D eigenvalue weighted by Crippen LogP contribution is -2.22. The minimum absolute atomic E-state index is 0.830. The van der Waals surface area contributed by atoms with Gasteiger partial charge in [-0.25, -0.2) is 0 Å². The third kappa shape index (κ3) is 4.49. The first kappa shape index (κ1) is 12.8. The highest BCUT2D eigenvalue weighted by Crippen LogP contribution is 2.06. The van der Waals surface area contributed by atoms with Crippen LogP contribution in [0, 0.1) is 0 Å². The summed E-state index contributed by atoms with van der Waals surface area (Å²) >= 11 is 0. The molecule has 88 valence electrons. The molecule has 0 spiro atoms. The van der Waals surface area contributed by atoms with Crippen LogP contribution in [0.25, 0.3) is 0 Å². The first-order valence-electron chi connectivity index (χ1n) is 5.98. The highest BCUT2D eigenvalue weighted by molar-refractivity contribution is 5.39. The predicted octanol–water partition coefficient (Wildman–Crippen LogP) is 2.71. The van der Waals surface area contributed by atoms with Crippen molar-refractivity contribution in [2.75, 3.05) is 25.4 Å². The Hall–Kier alpha value is -1.28. The molecular formula is C14H22N2. The molecule has 1 rings (SSSR count). The Morgan fingerprint density at radius 2 is 1.69 bits per heavy atom. The first-order valence-corrected chi connectivity index (χ1v) is 5.98. The topological polar surface area (TPSA) is 29.3 Å². The van der Waals surface area contributed by atoms with E-state index in [1.54, 1.807) is 0 Å². The molecule has 0 aliphatic carbocycles. The lowest BCUT2D eigenvalue weighted by atomic mass is 10.1. The largest absolute Gasteiger partial charge is 0.399 e. The number of rotatable bonds is 6. The van der Waals surface area contributed by atoms with E-state index in [4.69, 9.17) is 5.73 Å². The van der Waals surface area contributed by atoms with Gasteiger partial charge < -0.3 is 10.6 Å². The third-order valence-electron chi connectivity index (χ3n) is 2.76. The van der Waals surface area contributed by atoms with Crippen molar-refractivity contribution in [1.82, 2.24) is 4.90 Å². The summed E-state index contributed by atoms with van der Waals surface area (Å²) in [5, 5.41) is 0. The lowest BCUT2D eigenvalue weighted by molar-refractivity contribution is 0.337. The average Bonchev–Trinajstić information content (AvgIpc) is 2.32. The molecule has 16 heavy (non-hydrogen) atoms. The molecule has 0 radical (unpaired) electrons. The van der Waals surface area contributed by atoms with Crippen LogP contribution in [0.2, 0.25) is 0 Å². The maximum atomic E-state index is 5.63.